The zero-order valence-electron chi connectivity index (χ0n) is 21.7. The molecule has 2 aromatic carbocycles. The molecule has 2 aliphatic rings. The predicted octanol–water partition coefficient (Wildman–Crippen LogP) is 4.20. The molecule has 0 aromatic heterocycles. The molecule has 8 nitrogen and oxygen atoms in total. The van der Waals surface area contributed by atoms with Gasteiger partial charge in [-0.25, -0.2) is 8.42 Å². The van der Waals surface area contributed by atoms with Gasteiger partial charge in [0.2, 0.25) is 21.8 Å². The third kappa shape index (κ3) is 6.51. The highest BCUT2D eigenvalue weighted by Gasteiger charge is 2.39. The molecule has 0 unspecified atom stereocenters. The molecule has 37 heavy (non-hydrogen) atoms. The van der Waals surface area contributed by atoms with E-state index in [1.54, 1.807) is 29.2 Å². The van der Waals surface area contributed by atoms with E-state index in [1.807, 2.05) is 31.2 Å². The topological polar surface area (TPSA) is 96.0 Å². The second kappa shape index (κ2) is 12.1. The lowest BCUT2D eigenvalue weighted by Gasteiger charge is -2.34. The fraction of sp³-hybridized carbons (Fsp3) is 0.500. The molecule has 200 valence electrons. The van der Waals surface area contributed by atoms with Crippen LogP contribution in [0, 0.1) is 12.8 Å². The van der Waals surface area contributed by atoms with Gasteiger partial charge < -0.3 is 15.0 Å². The molecule has 0 spiro atoms. The Morgan fingerprint density at radius 2 is 1.65 bits per heavy atom. The van der Waals surface area contributed by atoms with Crippen molar-refractivity contribution in [2.75, 3.05) is 31.6 Å². The van der Waals surface area contributed by atoms with Gasteiger partial charge in [-0.05, 0) is 75.4 Å². The van der Waals surface area contributed by atoms with Crippen LogP contribution in [0.1, 0.15) is 51.0 Å². The monoisotopic (exact) mass is 527 g/mol. The number of benzene rings is 2. The van der Waals surface area contributed by atoms with Gasteiger partial charge in [0.05, 0.1) is 11.5 Å². The number of anilines is 1. The summed E-state index contributed by atoms with van der Waals surface area (Å²) in [6.45, 7) is 5.83. The summed E-state index contributed by atoms with van der Waals surface area (Å²) in [7, 11) is -3.58. The number of nitrogens with zero attached hydrogens (tertiary/aromatic N) is 2. The third-order valence-electron chi connectivity index (χ3n) is 7.19. The summed E-state index contributed by atoms with van der Waals surface area (Å²) in [6.07, 6.45) is 4.36. The number of carbonyl (C=O) groups excluding carboxylic acids is 2. The molecule has 0 aliphatic carbocycles. The number of hydrogen-bond acceptors (Lipinski definition) is 5. The first kappa shape index (κ1) is 27.1. The molecule has 0 bridgehead atoms. The molecule has 1 N–H and O–H groups in total. The van der Waals surface area contributed by atoms with Crippen molar-refractivity contribution in [2.45, 2.75) is 63.3 Å². The van der Waals surface area contributed by atoms with Crippen LogP contribution in [0.5, 0.6) is 5.75 Å². The fourth-order valence-electron chi connectivity index (χ4n) is 4.93. The number of aryl methyl sites for hydroxylation is 1. The Morgan fingerprint density at radius 1 is 0.973 bits per heavy atom. The zero-order valence-corrected chi connectivity index (χ0v) is 22.5. The lowest BCUT2D eigenvalue weighted by atomic mass is 9.96. The average Bonchev–Trinajstić information content (AvgIpc) is 3.40. The first-order chi connectivity index (χ1) is 17.8. The zero-order chi connectivity index (χ0) is 26.4. The highest BCUT2D eigenvalue weighted by Crippen LogP contribution is 2.29. The van der Waals surface area contributed by atoms with Gasteiger partial charge in [-0.1, -0.05) is 31.0 Å². The molecule has 2 heterocycles. The molecule has 2 aromatic rings. The lowest BCUT2D eigenvalue weighted by molar-refractivity contribution is -0.141. The normalized spacial score (nSPS) is 19.1. The summed E-state index contributed by atoms with van der Waals surface area (Å²) >= 11 is 0. The smallest absolute Gasteiger partial charge is 0.247 e. The molecular formula is C28H37N3O5S. The lowest BCUT2D eigenvalue weighted by Crippen LogP contribution is -2.48. The Balaban J connectivity index is 1.32. The summed E-state index contributed by atoms with van der Waals surface area (Å²) in [4.78, 5) is 28.4. The summed E-state index contributed by atoms with van der Waals surface area (Å²) in [5.41, 5.74) is 1.67. The van der Waals surface area contributed by atoms with Crippen molar-refractivity contribution >= 4 is 27.5 Å². The number of sulfonamides is 1. The average molecular weight is 528 g/mol. The number of rotatable bonds is 9. The number of piperidine rings is 1. The van der Waals surface area contributed by atoms with Crippen molar-refractivity contribution in [3.8, 4) is 5.75 Å². The second-order valence-corrected chi connectivity index (χ2v) is 11.8. The van der Waals surface area contributed by atoms with Gasteiger partial charge in [0.1, 0.15) is 11.8 Å². The van der Waals surface area contributed by atoms with Crippen LogP contribution in [0.2, 0.25) is 0 Å². The van der Waals surface area contributed by atoms with Crippen molar-refractivity contribution in [2.24, 2.45) is 5.92 Å². The first-order valence-corrected chi connectivity index (χ1v) is 14.6. The van der Waals surface area contributed by atoms with Gasteiger partial charge >= 0.3 is 0 Å². The fourth-order valence-corrected chi connectivity index (χ4v) is 6.40. The highest BCUT2D eigenvalue weighted by molar-refractivity contribution is 7.89. The van der Waals surface area contributed by atoms with E-state index in [0.29, 0.717) is 51.2 Å². The van der Waals surface area contributed by atoms with Crippen LogP contribution in [0.15, 0.2) is 53.4 Å². The maximum Gasteiger partial charge on any atom is 0.247 e. The minimum absolute atomic E-state index is 0.0512. The van der Waals surface area contributed by atoms with Crippen molar-refractivity contribution in [3.63, 3.8) is 0 Å². The maximum absolute atomic E-state index is 13.4. The van der Waals surface area contributed by atoms with Crippen LogP contribution in [-0.4, -0.2) is 61.7 Å². The van der Waals surface area contributed by atoms with Gasteiger partial charge in [-0.2, -0.15) is 4.31 Å². The molecule has 0 radical (unpaired) electrons. The minimum atomic E-state index is -3.58. The molecule has 0 saturated carbocycles. The van der Waals surface area contributed by atoms with Crippen LogP contribution in [0.25, 0.3) is 0 Å². The van der Waals surface area contributed by atoms with Crippen LogP contribution in [0.3, 0.4) is 0 Å². The van der Waals surface area contributed by atoms with E-state index in [2.05, 4.69) is 12.2 Å². The van der Waals surface area contributed by atoms with E-state index in [9.17, 15) is 18.0 Å². The predicted molar refractivity (Wildman–Crippen MR) is 143 cm³/mol. The van der Waals surface area contributed by atoms with Crippen LogP contribution < -0.4 is 10.1 Å². The molecule has 2 amide bonds. The van der Waals surface area contributed by atoms with E-state index in [-0.39, 0.29) is 22.6 Å². The summed E-state index contributed by atoms with van der Waals surface area (Å²) in [6, 6.07) is 13.6. The van der Waals surface area contributed by atoms with Crippen LogP contribution in [-0.2, 0) is 19.6 Å². The van der Waals surface area contributed by atoms with E-state index in [1.165, 1.54) is 4.31 Å². The number of ether oxygens (including phenoxy) is 1. The number of nitrogens with one attached hydrogen (secondary N) is 1. The van der Waals surface area contributed by atoms with E-state index >= 15 is 0 Å². The van der Waals surface area contributed by atoms with Crippen LogP contribution in [0.4, 0.5) is 5.69 Å². The number of unbranched alkanes of at least 4 members (excludes halogenated alkanes) is 1. The van der Waals surface area contributed by atoms with E-state index in [0.717, 1.165) is 30.6 Å². The molecule has 1 atom stereocenters. The van der Waals surface area contributed by atoms with Gasteiger partial charge in [0.15, 0.2) is 0 Å². The highest BCUT2D eigenvalue weighted by atomic mass is 32.2. The quantitative estimate of drug-likeness (QED) is 0.493. The van der Waals surface area contributed by atoms with Crippen molar-refractivity contribution in [3.05, 3.63) is 54.1 Å². The van der Waals surface area contributed by atoms with Crippen LogP contribution >= 0.6 is 0 Å². The van der Waals surface area contributed by atoms with Crippen molar-refractivity contribution in [1.82, 2.24) is 9.21 Å². The maximum atomic E-state index is 13.4. The second-order valence-electron chi connectivity index (χ2n) is 9.90. The van der Waals surface area contributed by atoms with E-state index in [4.69, 9.17) is 4.74 Å². The Kier molecular flexibility index (Phi) is 8.87. The van der Waals surface area contributed by atoms with Gasteiger partial charge in [0, 0.05) is 31.2 Å². The Morgan fingerprint density at radius 3 is 2.30 bits per heavy atom. The number of hydrogen-bond donors (Lipinski definition) is 1. The number of amides is 2. The van der Waals surface area contributed by atoms with Crippen molar-refractivity contribution < 1.29 is 22.7 Å². The SMILES string of the molecule is CCCCOc1ccc(NC(=O)[C@@H]2CCCN2C(=O)C2CCN(S(=O)(=O)c3ccc(C)cc3)CC2)cc1. The molecule has 2 aliphatic heterocycles. The largest absolute Gasteiger partial charge is 0.494 e. The third-order valence-corrected chi connectivity index (χ3v) is 9.10. The van der Waals surface area contributed by atoms with Crippen molar-refractivity contribution in [1.29, 1.82) is 0 Å². The van der Waals surface area contributed by atoms with Gasteiger partial charge in [-0.3, -0.25) is 9.59 Å². The Hall–Kier alpha value is -2.91. The Bertz CT molecular complexity index is 1170. The summed E-state index contributed by atoms with van der Waals surface area (Å²) in [5.74, 6) is 0.242. The molecule has 4 rings (SSSR count). The minimum Gasteiger partial charge on any atom is -0.494 e. The molecule has 9 heteroatoms. The molecule has 2 saturated heterocycles. The van der Waals surface area contributed by atoms with Gasteiger partial charge in [0.25, 0.3) is 0 Å². The first-order valence-electron chi connectivity index (χ1n) is 13.2. The van der Waals surface area contributed by atoms with Gasteiger partial charge in [-0.15, -0.1) is 0 Å². The van der Waals surface area contributed by atoms with E-state index < -0.39 is 16.1 Å². The Labute approximate surface area is 220 Å². The number of carbonyl (C=O) groups is 2. The summed E-state index contributed by atoms with van der Waals surface area (Å²) < 4.78 is 33.1. The summed E-state index contributed by atoms with van der Waals surface area (Å²) in [5, 5.41) is 2.94. The molecular weight excluding hydrogens is 490 g/mol. The number of likely N-dealkylation sites (tertiary alicyclic amines) is 1. The standard InChI is InChI=1S/C28H37N3O5S/c1-3-4-20-36-24-11-9-23(10-12-24)29-27(32)26-6-5-17-31(26)28(33)22-15-18-30(19-16-22)37(34,35)25-13-7-21(2)8-14-25/h7-14,22,26H,3-6,15-20H2,1-2H3,(H,29,32)/t26-/m0/s1. The molecule has 2 fully saturated rings.